The maximum Gasteiger partial charge on any atom is 0.469 e. The second-order valence-corrected chi connectivity index (χ2v) is 16.0. The van der Waals surface area contributed by atoms with Crippen molar-refractivity contribution in [2.45, 2.75) is 200 Å². The molecule has 0 saturated heterocycles. The van der Waals surface area contributed by atoms with Crippen molar-refractivity contribution in [1.29, 1.82) is 0 Å². The third-order valence-electron chi connectivity index (χ3n) is 9.46. The first-order chi connectivity index (χ1) is 26.1. The van der Waals surface area contributed by atoms with Crippen molar-refractivity contribution in [3.05, 3.63) is 48.6 Å². The van der Waals surface area contributed by atoms with E-state index in [2.05, 4.69) is 49.6 Å². The van der Waals surface area contributed by atoms with Gasteiger partial charge in [-0.1, -0.05) is 179 Å². The Labute approximate surface area is 329 Å². The Hall–Kier alpha value is -2.03. The minimum Gasteiger partial charge on any atom is -0.462 e. The zero-order valence-corrected chi connectivity index (χ0v) is 35.3. The van der Waals surface area contributed by atoms with Gasteiger partial charge in [-0.05, 0) is 50.9 Å². The van der Waals surface area contributed by atoms with E-state index in [1.165, 1.54) is 83.5 Å². The van der Waals surface area contributed by atoms with Crippen LogP contribution in [0.5, 0.6) is 0 Å². The van der Waals surface area contributed by atoms with Crippen LogP contribution in [0.2, 0.25) is 0 Å². The molecule has 0 fully saturated rings. The van der Waals surface area contributed by atoms with Gasteiger partial charge in [-0.25, -0.2) is 4.57 Å². The van der Waals surface area contributed by atoms with E-state index in [0.29, 0.717) is 19.3 Å². The molecular formula is C44H79O9P. The zero-order valence-electron chi connectivity index (χ0n) is 34.4. The SMILES string of the molecule is CCCC[C@@H](O)/C=C\C/C=C\C/C=C\C/C=C\CCCC(=O)O[C@H](COC(=O)CCCCCCCCCCCCCCCCC(C)CC)COP(=O)(O)O. The number of phosphoric ester groups is 1. The van der Waals surface area contributed by atoms with Gasteiger partial charge in [0.15, 0.2) is 6.10 Å². The minimum absolute atomic E-state index is 0.119. The van der Waals surface area contributed by atoms with Crippen LogP contribution >= 0.6 is 7.82 Å². The predicted octanol–water partition coefficient (Wildman–Crippen LogP) is 12.0. The predicted molar refractivity (Wildman–Crippen MR) is 222 cm³/mol. The number of phosphoric acid groups is 1. The van der Waals surface area contributed by atoms with Gasteiger partial charge in [0.2, 0.25) is 0 Å². The standard InChI is InChI=1S/C44H79O9P/c1-4-6-34-41(45)35-30-26-22-18-14-11-12-16-20-24-28-32-37-44(47)53-42(39-52-54(48,49)50)38-51-43(46)36-31-27-23-19-15-10-8-7-9-13-17-21-25-29-33-40(3)5-2/h11-12,18,20,22,24,30,35,40-42,45H,4-10,13-17,19,21,23,25-29,31-34,36-39H2,1-3H3,(H2,48,49,50)/b12-11-,22-18-,24-20-,35-30-/t40?,41-,42-/m1/s1. The average molecular weight is 783 g/mol. The van der Waals surface area contributed by atoms with Crippen LogP contribution in [0.1, 0.15) is 188 Å². The summed E-state index contributed by atoms with van der Waals surface area (Å²) in [5.74, 6) is -0.0929. The van der Waals surface area contributed by atoms with Gasteiger partial charge in [-0.2, -0.15) is 0 Å². The lowest BCUT2D eigenvalue weighted by molar-refractivity contribution is -0.161. The number of allylic oxidation sites excluding steroid dienone is 7. The number of esters is 2. The van der Waals surface area contributed by atoms with Crippen molar-refractivity contribution >= 4 is 19.8 Å². The normalized spacial score (nSPS) is 14.1. The Morgan fingerprint density at radius 1 is 0.611 bits per heavy atom. The van der Waals surface area contributed by atoms with Gasteiger partial charge in [0.05, 0.1) is 12.7 Å². The number of carbonyl (C=O) groups excluding carboxylic acids is 2. The number of unbranched alkanes of at least 4 members (excludes halogenated alkanes) is 15. The number of aliphatic hydroxyl groups excluding tert-OH is 1. The average Bonchev–Trinajstić information content (AvgIpc) is 3.14. The highest BCUT2D eigenvalue weighted by Crippen LogP contribution is 2.36. The molecule has 0 spiro atoms. The molecule has 0 bridgehead atoms. The molecule has 54 heavy (non-hydrogen) atoms. The van der Waals surface area contributed by atoms with Gasteiger partial charge in [0.1, 0.15) is 6.61 Å². The summed E-state index contributed by atoms with van der Waals surface area (Å²) in [5, 5.41) is 9.79. The molecule has 0 amide bonds. The monoisotopic (exact) mass is 783 g/mol. The summed E-state index contributed by atoms with van der Waals surface area (Å²) in [6.07, 6.45) is 41.7. The summed E-state index contributed by atoms with van der Waals surface area (Å²) < 4.78 is 26.3. The van der Waals surface area contributed by atoms with Crippen LogP contribution in [0.3, 0.4) is 0 Å². The molecule has 0 rings (SSSR count). The number of rotatable bonds is 38. The molecule has 0 aromatic carbocycles. The number of hydrogen-bond acceptors (Lipinski definition) is 7. The van der Waals surface area contributed by atoms with Gasteiger partial charge < -0.3 is 24.4 Å². The van der Waals surface area contributed by atoms with Crippen LogP contribution in [0.25, 0.3) is 0 Å². The molecule has 0 aliphatic carbocycles. The van der Waals surface area contributed by atoms with E-state index < -0.39 is 32.5 Å². The molecule has 314 valence electrons. The quantitative estimate of drug-likeness (QED) is 0.0242. The number of hydrogen-bond donors (Lipinski definition) is 3. The first-order valence-corrected chi connectivity index (χ1v) is 22.9. The number of carbonyl (C=O) groups is 2. The van der Waals surface area contributed by atoms with Crippen molar-refractivity contribution in [1.82, 2.24) is 0 Å². The summed E-state index contributed by atoms with van der Waals surface area (Å²) in [7, 11) is -4.78. The molecule has 0 aromatic rings. The molecule has 3 N–H and O–H groups in total. The lowest BCUT2D eigenvalue weighted by Crippen LogP contribution is -2.29. The summed E-state index contributed by atoms with van der Waals surface area (Å²) >= 11 is 0. The first-order valence-electron chi connectivity index (χ1n) is 21.4. The van der Waals surface area contributed by atoms with Crippen molar-refractivity contribution in [3.8, 4) is 0 Å². The van der Waals surface area contributed by atoms with E-state index in [-0.39, 0.29) is 25.6 Å². The van der Waals surface area contributed by atoms with E-state index in [1.807, 2.05) is 24.3 Å². The maximum absolute atomic E-state index is 12.4. The van der Waals surface area contributed by atoms with Crippen molar-refractivity contribution in [2.24, 2.45) is 5.92 Å². The molecule has 1 unspecified atom stereocenters. The molecule has 0 saturated carbocycles. The molecule has 10 heteroatoms. The molecular weight excluding hydrogens is 703 g/mol. The van der Waals surface area contributed by atoms with E-state index >= 15 is 0 Å². The van der Waals surface area contributed by atoms with Gasteiger partial charge in [0.25, 0.3) is 0 Å². The summed E-state index contributed by atoms with van der Waals surface area (Å²) in [4.78, 5) is 42.8. The molecule has 0 aromatic heterocycles. The van der Waals surface area contributed by atoms with Crippen LogP contribution in [0.15, 0.2) is 48.6 Å². The third kappa shape index (κ3) is 39.7. The molecule has 0 aliphatic rings. The van der Waals surface area contributed by atoms with Gasteiger partial charge in [0, 0.05) is 12.8 Å². The fourth-order valence-corrected chi connectivity index (χ4v) is 6.19. The highest BCUT2D eigenvalue weighted by molar-refractivity contribution is 7.46. The number of ether oxygens (including phenoxy) is 2. The maximum atomic E-state index is 12.4. The first kappa shape index (κ1) is 52.0. The van der Waals surface area contributed by atoms with E-state index in [0.717, 1.165) is 57.3 Å². The molecule has 3 atom stereocenters. The summed E-state index contributed by atoms with van der Waals surface area (Å²) in [5.41, 5.74) is 0. The Morgan fingerprint density at radius 3 is 1.65 bits per heavy atom. The molecule has 9 nitrogen and oxygen atoms in total. The molecule has 0 radical (unpaired) electrons. The van der Waals surface area contributed by atoms with Crippen LogP contribution < -0.4 is 0 Å². The largest absolute Gasteiger partial charge is 0.469 e. The smallest absolute Gasteiger partial charge is 0.462 e. The second-order valence-electron chi connectivity index (χ2n) is 14.7. The summed E-state index contributed by atoms with van der Waals surface area (Å²) in [6.45, 7) is 5.86. The fourth-order valence-electron chi connectivity index (χ4n) is 5.83. The lowest BCUT2D eigenvalue weighted by Gasteiger charge is -2.18. The fraction of sp³-hybridized carbons (Fsp3) is 0.773. The lowest BCUT2D eigenvalue weighted by atomic mass is 9.99. The van der Waals surface area contributed by atoms with Gasteiger partial charge in [-0.3, -0.25) is 14.1 Å². The highest BCUT2D eigenvalue weighted by atomic mass is 31.2. The van der Waals surface area contributed by atoms with Gasteiger partial charge >= 0.3 is 19.8 Å². The van der Waals surface area contributed by atoms with E-state index in [4.69, 9.17) is 19.3 Å². The van der Waals surface area contributed by atoms with Gasteiger partial charge in [-0.15, -0.1) is 0 Å². The van der Waals surface area contributed by atoms with E-state index in [9.17, 15) is 19.3 Å². The highest BCUT2D eigenvalue weighted by Gasteiger charge is 2.22. The van der Waals surface area contributed by atoms with E-state index in [1.54, 1.807) is 0 Å². The number of aliphatic hydroxyl groups is 1. The Balaban J connectivity index is 4.02. The van der Waals surface area contributed by atoms with Crippen molar-refractivity contribution < 1.29 is 43.0 Å². The molecule has 0 aliphatic heterocycles. The Kier molecular flexibility index (Phi) is 36.4. The van der Waals surface area contributed by atoms with Crippen LogP contribution in [-0.4, -0.2) is 52.3 Å². The Bertz CT molecular complexity index is 1050. The van der Waals surface area contributed by atoms with Crippen LogP contribution in [-0.2, 0) is 28.2 Å². The Morgan fingerprint density at radius 2 is 1.11 bits per heavy atom. The minimum atomic E-state index is -4.78. The summed E-state index contributed by atoms with van der Waals surface area (Å²) in [6, 6.07) is 0. The van der Waals surface area contributed by atoms with Crippen molar-refractivity contribution in [2.75, 3.05) is 13.2 Å². The molecule has 0 heterocycles. The zero-order chi connectivity index (χ0) is 40.0. The third-order valence-corrected chi connectivity index (χ3v) is 9.95. The van der Waals surface area contributed by atoms with Crippen LogP contribution in [0.4, 0.5) is 0 Å². The second kappa shape index (κ2) is 37.9. The van der Waals surface area contributed by atoms with Crippen molar-refractivity contribution in [3.63, 3.8) is 0 Å². The topological polar surface area (TPSA) is 140 Å². The van der Waals surface area contributed by atoms with Crippen LogP contribution in [0, 0.1) is 5.92 Å².